The van der Waals surface area contributed by atoms with E-state index in [9.17, 15) is 0 Å². The van der Waals surface area contributed by atoms with Gasteiger partial charge in [-0.15, -0.1) is 0 Å². The van der Waals surface area contributed by atoms with Crippen LogP contribution in [0.1, 0.15) is 19.3 Å². The van der Waals surface area contributed by atoms with Crippen LogP contribution in [-0.2, 0) is 4.74 Å². The van der Waals surface area contributed by atoms with E-state index in [0.717, 1.165) is 23.0 Å². The normalized spacial score (nSPS) is 23.0. The Morgan fingerprint density at radius 3 is 3.15 bits per heavy atom. The minimum Gasteiger partial charge on any atom is -0.447 e. The second kappa shape index (κ2) is 4.28. The van der Waals surface area contributed by atoms with Crippen molar-refractivity contribution >= 4 is 22.6 Å². The largest absolute Gasteiger partial charge is 0.447 e. The molecular formula is C8H11IN2O2. The third-order valence-corrected chi connectivity index (χ3v) is 2.72. The van der Waals surface area contributed by atoms with Gasteiger partial charge in [0.25, 0.3) is 0 Å². The lowest BCUT2D eigenvalue weighted by molar-refractivity contribution is -0.108. The first-order chi connectivity index (χ1) is 6.36. The van der Waals surface area contributed by atoms with Gasteiger partial charge < -0.3 is 9.47 Å². The van der Waals surface area contributed by atoms with E-state index in [2.05, 4.69) is 32.8 Å². The number of ether oxygens (including phenoxy) is 2. The molecule has 1 aliphatic heterocycles. The van der Waals surface area contributed by atoms with E-state index in [1.54, 1.807) is 6.20 Å². The molecule has 13 heavy (non-hydrogen) atoms. The lowest BCUT2D eigenvalue weighted by atomic mass is 10.2. The van der Waals surface area contributed by atoms with Crippen LogP contribution < -0.4 is 4.74 Å². The second-order valence-corrected chi connectivity index (χ2v) is 4.12. The number of rotatable bonds is 2. The number of aromatic nitrogens is 2. The Hall–Kier alpha value is -0.300. The highest BCUT2D eigenvalue weighted by molar-refractivity contribution is 14.1. The van der Waals surface area contributed by atoms with Crippen molar-refractivity contribution < 1.29 is 9.47 Å². The van der Waals surface area contributed by atoms with Gasteiger partial charge in [0.05, 0.1) is 16.4 Å². The van der Waals surface area contributed by atoms with Gasteiger partial charge in [-0.1, -0.05) is 0 Å². The minimum atomic E-state index is -0.0947. The average Bonchev–Trinajstić information content (AvgIpc) is 2.54. The monoisotopic (exact) mass is 294 g/mol. The molecule has 1 aliphatic rings. The van der Waals surface area contributed by atoms with Crippen LogP contribution >= 0.6 is 22.6 Å². The Bertz CT molecular complexity index is 271. The maximum atomic E-state index is 5.58. The Morgan fingerprint density at radius 1 is 1.62 bits per heavy atom. The van der Waals surface area contributed by atoms with Gasteiger partial charge in [-0.25, -0.2) is 5.10 Å². The summed E-state index contributed by atoms with van der Waals surface area (Å²) in [5.74, 6) is 0.715. The summed E-state index contributed by atoms with van der Waals surface area (Å²) >= 11 is 2.18. The lowest BCUT2D eigenvalue weighted by Gasteiger charge is -2.22. The third kappa shape index (κ3) is 2.34. The molecule has 2 heterocycles. The van der Waals surface area contributed by atoms with E-state index >= 15 is 0 Å². The maximum Gasteiger partial charge on any atom is 0.225 e. The molecule has 1 fully saturated rings. The Balaban J connectivity index is 1.93. The molecule has 1 aromatic heterocycles. The van der Waals surface area contributed by atoms with E-state index in [-0.39, 0.29) is 6.29 Å². The fourth-order valence-electron chi connectivity index (χ4n) is 1.28. The van der Waals surface area contributed by atoms with Crippen molar-refractivity contribution in [3.05, 3.63) is 9.77 Å². The number of nitrogens with one attached hydrogen (secondary N) is 1. The van der Waals surface area contributed by atoms with Crippen LogP contribution in [0.3, 0.4) is 0 Å². The van der Waals surface area contributed by atoms with Gasteiger partial charge in [0.2, 0.25) is 12.2 Å². The van der Waals surface area contributed by atoms with Crippen LogP contribution in [0.25, 0.3) is 0 Å². The first-order valence-electron chi connectivity index (χ1n) is 4.33. The summed E-state index contributed by atoms with van der Waals surface area (Å²) in [6.07, 6.45) is 4.92. The third-order valence-electron chi connectivity index (χ3n) is 1.95. The van der Waals surface area contributed by atoms with Gasteiger partial charge >= 0.3 is 0 Å². The van der Waals surface area contributed by atoms with E-state index in [4.69, 9.17) is 9.47 Å². The highest BCUT2D eigenvalue weighted by Crippen LogP contribution is 2.21. The number of nitrogens with zero attached hydrogens (tertiary/aromatic N) is 1. The molecule has 2 rings (SSSR count). The summed E-state index contributed by atoms with van der Waals surface area (Å²) in [6, 6.07) is 0. The van der Waals surface area contributed by atoms with Crippen LogP contribution in [0, 0.1) is 3.57 Å². The molecule has 0 amide bonds. The Labute approximate surface area is 90.1 Å². The van der Waals surface area contributed by atoms with Crippen molar-refractivity contribution in [2.75, 3.05) is 6.61 Å². The van der Waals surface area contributed by atoms with E-state index in [1.807, 2.05) is 0 Å². The van der Waals surface area contributed by atoms with Crippen LogP contribution in [0.5, 0.6) is 5.88 Å². The number of halogens is 1. The SMILES string of the molecule is Ic1cn[nH]c1OC1CCCCO1. The number of aromatic amines is 1. The molecular weight excluding hydrogens is 283 g/mol. The minimum absolute atomic E-state index is 0.0947. The molecule has 0 saturated carbocycles. The Morgan fingerprint density at radius 2 is 2.54 bits per heavy atom. The lowest BCUT2D eigenvalue weighted by Crippen LogP contribution is -2.25. The van der Waals surface area contributed by atoms with Crippen LogP contribution in [0.15, 0.2) is 6.20 Å². The van der Waals surface area contributed by atoms with E-state index in [0.29, 0.717) is 5.88 Å². The summed E-state index contributed by atoms with van der Waals surface area (Å²) in [5.41, 5.74) is 0. The van der Waals surface area contributed by atoms with Crippen molar-refractivity contribution in [2.45, 2.75) is 25.6 Å². The topological polar surface area (TPSA) is 47.1 Å². The molecule has 1 N–H and O–H groups in total. The van der Waals surface area contributed by atoms with Gasteiger partial charge in [0.1, 0.15) is 0 Å². The average molecular weight is 294 g/mol. The molecule has 0 spiro atoms. The quantitative estimate of drug-likeness (QED) is 0.848. The van der Waals surface area contributed by atoms with Crippen molar-refractivity contribution in [1.29, 1.82) is 0 Å². The fourth-order valence-corrected chi connectivity index (χ4v) is 1.66. The van der Waals surface area contributed by atoms with Gasteiger partial charge in [0.15, 0.2) is 0 Å². The molecule has 1 unspecified atom stereocenters. The maximum absolute atomic E-state index is 5.58. The van der Waals surface area contributed by atoms with Gasteiger partial charge in [0, 0.05) is 6.42 Å². The summed E-state index contributed by atoms with van der Waals surface area (Å²) < 4.78 is 12.0. The Kier molecular flexibility index (Phi) is 3.05. The standard InChI is InChI=1S/C8H11IN2O2/c9-6-5-10-11-8(6)13-7-3-1-2-4-12-7/h5,7H,1-4H2,(H,10,11). The molecule has 1 atom stereocenters. The van der Waals surface area contributed by atoms with Gasteiger partial charge in [-0.05, 0) is 35.4 Å². The molecule has 4 nitrogen and oxygen atoms in total. The molecule has 5 heteroatoms. The number of hydrogen-bond acceptors (Lipinski definition) is 3. The van der Waals surface area contributed by atoms with Crippen LogP contribution in [0.2, 0.25) is 0 Å². The van der Waals surface area contributed by atoms with Gasteiger partial charge in [-0.3, -0.25) is 0 Å². The van der Waals surface area contributed by atoms with Crippen molar-refractivity contribution in [3.8, 4) is 5.88 Å². The zero-order chi connectivity index (χ0) is 9.10. The van der Waals surface area contributed by atoms with Gasteiger partial charge in [-0.2, -0.15) is 5.10 Å². The summed E-state index contributed by atoms with van der Waals surface area (Å²) in [4.78, 5) is 0. The van der Waals surface area contributed by atoms with Crippen molar-refractivity contribution in [3.63, 3.8) is 0 Å². The fraction of sp³-hybridized carbons (Fsp3) is 0.625. The first kappa shape index (κ1) is 9.26. The summed E-state index contributed by atoms with van der Waals surface area (Å²) in [6.45, 7) is 0.801. The smallest absolute Gasteiger partial charge is 0.225 e. The van der Waals surface area contributed by atoms with Crippen molar-refractivity contribution in [2.24, 2.45) is 0 Å². The molecule has 1 aromatic rings. The summed E-state index contributed by atoms with van der Waals surface area (Å²) in [7, 11) is 0. The van der Waals surface area contributed by atoms with E-state index in [1.165, 1.54) is 6.42 Å². The predicted octanol–water partition coefficient (Wildman–Crippen LogP) is 1.92. The van der Waals surface area contributed by atoms with E-state index < -0.39 is 0 Å². The molecule has 0 aromatic carbocycles. The van der Waals surface area contributed by atoms with Crippen LogP contribution in [-0.4, -0.2) is 23.1 Å². The molecule has 0 bridgehead atoms. The molecule has 0 radical (unpaired) electrons. The van der Waals surface area contributed by atoms with Crippen molar-refractivity contribution in [1.82, 2.24) is 10.2 Å². The second-order valence-electron chi connectivity index (χ2n) is 2.96. The van der Waals surface area contributed by atoms with Crippen LogP contribution in [0.4, 0.5) is 0 Å². The number of hydrogen-bond donors (Lipinski definition) is 1. The zero-order valence-electron chi connectivity index (χ0n) is 7.12. The molecule has 72 valence electrons. The summed E-state index contributed by atoms with van der Waals surface area (Å²) in [5, 5.41) is 6.67. The molecule has 0 aliphatic carbocycles. The zero-order valence-corrected chi connectivity index (χ0v) is 9.28. The highest BCUT2D eigenvalue weighted by Gasteiger charge is 2.16. The highest BCUT2D eigenvalue weighted by atomic mass is 127. The predicted molar refractivity (Wildman–Crippen MR) is 55.5 cm³/mol. The molecule has 1 saturated heterocycles. The first-order valence-corrected chi connectivity index (χ1v) is 5.41. The number of H-pyrrole nitrogens is 1.